The smallest absolute Gasteiger partial charge is 0.102 e. The van der Waals surface area contributed by atoms with Crippen molar-refractivity contribution in [1.82, 2.24) is 0 Å². The van der Waals surface area contributed by atoms with Gasteiger partial charge in [0.05, 0.1) is 12.7 Å². The Morgan fingerprint density at radius 1 is 1.16 bits per heavy atom. The Hall–Kier alpha value is -0.860. The van der Waals surface area contributed by atoms with Crippen LogP contribution in [0.1, 0.15) is 63.7 Å². The summed E-state index contributed by atoms with van der Waals surface area (Å²) in [6, 6.07) is 8.24. The van der Waals surface area contributed by atoms with Crippen molar-refractivity contribution in [3.05, 3.63) is 35.4 Å². The van der Waals surface area contributed by atoms with Crippen LogP contribution < -0.4 is 0 Å². The number of aliphatic hydroxyl groups is 1. The van der Waals surface area contributed by atoms with E-state index in [2.05, 4.69) is 32.9 Å². The molecule has 0 aliphatic heterocycles. The minimum atomic E-state index is -0.505. The molecule has 1 aliphatic carbocycles. The summed E-state index contributed by atoms with van der Waals surface area (Å²) in [5.74, 6) is 0. The van der Waals surface area contributed by atoms with Crippen LogP contribution in [0.25, 0.3) is 0 Å². The predicted molar refractivity (Wildman–Crippen MR) is 78.3 cm³/mol. The van der Waals surface area contributed by atoms with Gasteiger partial charge < -0.3 is 9.84 Å². The molecule has 2 rings (SSSR count). The zero-order valence-electron chi connectivity index (χ0n) is 12.4. The third-order valence-electron chi connectivity index (χ3n) is 3.95. The van der Waals surface area contributed by atoms with Crippen LogP contribution in [0.4, 0.5) is 0 Å². The van der Waals surface area contributed by atoms with Crippen LogP contribution in [0.5, 0.6) is 0 Å². The van der Waals surface area contributed by atoms with Gasteiger partial charge in [-0.15, -0.1) is 0 Å². The average Bonchev–Trinajstić information content (AvgIpc) is 2.88. The Kier molecular flexibility index (Phi) is 4.64. The Morgan fingerprint density at radius 3 is 2.26 bits per heavy atom. The molecule has 1 saturated carbocycles. The Balaban J connectivity index is 1.89. The molecule has 0 saturated heterocycles. The van der Waals surface area contributed by atoms with E-state index in [0.717, 1.165) is 18.4 Å². The maximum atomic E-state index is 10.1. The lowest BCUT2D eigenvalue weighted by atomic mass is 9.86. The van der Waals surface area contributed by atoms with Crippen molar-refractivity contribution in [3.8, 4) is 0 Å². The SMILES string of the molecule is CC(C)(C)c1ccc(C(O)COC2CCCC2)cc1. The van der Waals surface area contributed by atoms with E-state index in [9.17, 15) is 5.11 Å². The second-order valence-corrected chi connectivity index (χ2v) is 6.63. The summed E-state index contributed by atoms with van der Waals surface area (Å²) in [7, 11) is 0. The number of benzene rings is 1. The molecule has 0 bridgehead atoms. The average molecular weight is 262 g/mol. The lowest BCUT2D eigenvalue weighted by Gasteiger charge is -2.20. The first-order chi connectivity index (χ1) is 8.97. The molecule has 0 heterocycles. The number of rotatable bonds is 4. The monoisotopic (exact) mass is 262 g/mol. The van der Waals surface area contributed by atoms with Gasteiger partial charge in [0.1, 0.15) is 6.10 Å². The van der Waals surface area contributed by atoms with Crippen LogP contribution in [-0.4, -0.2) is 17.8 Å². The second-order valence-electron chi connectivity index (χ2n) is 6.63. The van der Waals surface area contributed by atoms with Crippen LogP contribution in [0, 0.1) is 0 Å². The first-order valence-corrected chi connectivity index (χ1v) is 7.37. The van der Waals surface area contributed by atoms with E-state index in [1.54, 1.807) is 0 Å². The predicted octanol–water partition coefficient (Wildman–Crippen LogP) is 3.98. The lowest BCUT2D eigenvalue weighted by Crippen LogP contribution is -2.15. The van der Waals surface area contributed by atoms with Crippen molar-refractivity contribution >= 4 is 0 Å². The number of hydrogen-bond donors (Lipinski definition) is 1. The molecule has 0 radical (unpaired) electrons. The molecule has 1 unspecified atom stereocenters. The summed E-state index contributed by atoms with van der Waals surface area (Å²) in [5, 5.41) is 10.1. The van der Waals surface area contributed by atoms with E-state index < -0.39 is 6.10 Å². The molecule has 19 heavy (non-hydrogen) atoms. The van der Waals surface area contributed by atoms with Gasteiger partial charge in [0.25, 0.3) is 0 Å². The maximum absolute atomic E-state index is 10.1. The van der Waals surface area contributed by atoms with E-state index in [-0.39, 0.29) is 5.41 Å². The molecular formula is C17H26O2. The third-order valence-corrected chi connectivity index (χ3v) is 3.95. The normalized spacial score (nSPS) is 18.7. The standard InChI is InChI=1S/C17H26O2/c1-17(2,3)14-10-8-13(9-11-14)16(18)12-19-15-6-4-5-7-15/h8-11,15-16,18H,4-7,12H2,1-3H3. The van der Waals surface area contributed by atoms with Crippen molar-refractivity contribution in [2.75, 3.05) is 6.61 Å². The van der Waals surface area contributed by atoms with Gasteiger partial charge in [0.15, 0.2) is 0 Å². The Labute approximate surface area is 116 Å². The fourth-order valence-electron chi connectivity index (χ4n) is 2.58. The van der Waals surface area contributed by atoms with E-state index in [1.807, 2.05) is 12.1 Å². The molecule has 1 fully saturated rings. The minimum Gasteiger partial charge on any atom is -0.386 e. The van der Waals surface area contributed by atoms with Gasteiger partial charge in [-0.25, -0.2) is 0 Å². The summed E-state index contributed by atoms with van der Waals surface area (Å²) in [6.07, 6.45) is 4.69. The van der Waals surface area contributed by atoms with Crippen LogP contribution in [0.15, 0.2) is 24.3 Å². The molecule has 2 heteroatoms. The molecule has 106 valence electrons. The summed E-state index contributed by atoms with van der Waals surface area (Å²) in [5.41, 5.74) is 2.40. The molecule has 1 N–H and O–H groups in total. The Bertz CT molecular complexity index is 383. The molecule has 2 nitrogen and oxygen atoms in total. The zero-order valence-corrected chi connectivity index (χ0v) is 12.4. The summed E-state index contributed by atoms with van der Waals surface area (Å²) >= 11 is 0. The van der Waals surface area contributed by atoms with E-state index in [0.29, 0.717) is 12.7 Å². The number of hydrogen-bond acceptors (Lipinski definition) is 2. The highest BCUT2D eigenvalue weighted by Gasteiger charge is 2.18. The summed E-state index contributed by atoms with van der Waals surface area (Å²) in [4.78, 5) is 0. The zero-order chi connectivity index (χ0) is 13.9. The topological polar surface area (TPSA) is 29.5 Å². The molecule has 1 aromatic carbocycles. The van der Waals surface area contributed by atoms with Crippen molar-refractivity contribution in [1.29, 1.82) is 0 Å². The molecule has 1 aliphatic rings. The number of ether oxygens (including phenoxy) is 1. The van der Waals surface area contributed by atoms with Gasteiger partial charge in [-0.1, -0.05) is 57.9 Å². The van der Waals surface area contributed by atoms with Crippen LogP contribution >= 0.6 is 0 Å². The van der Waals surface area contributed by atoms with Gasteiger partial charge in [0.2, 0.25) is 0 Å². The van der Waals surface area contributed by atoms with Gasteiger partial charge >= 0.3 is 0 Å². The van der Waals surface area contributed by atoms with Crippen molar-refractivity contribution < 1.29 is 9.84 Å². The lowest BCUT2D eigenvalue weighted by molar-refractivity contribution is -0.00699. The van der Waals surface area contributed by atoms with Gasteiger partial charge in [-0.3, -0.25) is 0 Å². The summed E-state index contributed by atoms with van der Waals surface area (Å²) < 4.78 is 5.77. The van der Waals surface area contributed by atoms with Gasteiger partial charge in [-0.2, -0.15) is 0 Å². The molecule has 0 spiro atoms. The second kappa shape index (κ2) is 6.06. The largest absolute Gasteiger partial charge is 0.386 e. The highest BCUT2D eigenvalue weighted by Crippen LogP contribution is 2.25. The van der Waals surface area contributed by atoms with Crippen LogP contribution in [0.2, 0.25) is 0 Å². The van der Waals surface area contributed by atoms with E-state index >= 15 is 0 Å². The molecule has 0 amide bonds. The minimum absolute atomic E-state index is 0.157. The van der Waals surface area contributed by atoms with Gasteiger partial charge in [0, 0.05) is 0 Å². The van der Waals surface area contributed by atoms with Crippen molar-refractivity contribution in [3.63, 3.8) is 0 Å². The number of aliphatic hydroxyl groups excluding tert-OH is 1. The molecule has 1 atom stereocenters. The maximum Gasteiger partial charge on any atom is 0.102 e. The summed E-state index contributed by atoms with van der Waals surface area (Å²) in [6.45, 7) is 7.00. The van der Waals surface area contributed by atoms with E-state index in [4.69, 9.17) is 4.74 Å². The highest BCUT2D eigenvalue weighted by atomic mass is 16.5. The van der Waals surface area contributed by atoms with Crippen molar-refractivity contribution in [2.24, 2.45) is 0 Å². The molecular weight excluding hydrogens is 236 g/mol. The van der Waals surface area contributed by atoms with Crippen LogP contribution in [-0.2, 0) is 10.2 Å². The molecule has 1 aromatic rings. The molecule has 0 aromatic heterocycles. The van der Waals surface area contributed by atoms with Crippen molar-refractivity contribution in [2.45, 2.75) is 64.1 Å². The fraction of sp³-hybridized carbons (Fsp3) is 0.647. The van der Waals surface area contributed by atoms with Crippen LogP contribution in [0.3, 0.4) is 0 Å². The highest BCUT2D eigenvalue weighted by molar-refractivity contribution is 5.28. The van der Waals surface area contributed by atoms with E-state index in [1.165, 1.54) is 18.4 Å². The first kappa shape index (κ1) is 14.5. The Morgan fingerprint density at radius 2 is 1.74 bits per heavy atom. The third kappa shape index (κ3) is 4.05. The first-order valence-electron chi connectivity index (χ1n) is 7.37. The quantitative estimate of drug-likeness (QED) is 0.889. The van der Waals surface area contributed by atoms with Gasteiger partial charge in [-0.05, 0) is 29.4 Å². The fourth-order valence-corrected chi connectivity index (χ4v) is 2.58.